The van der Waals surface area contributed by atoms with E-state index in [1.54, 1.807) is 0 Å². The molecule has 3 aromatic rings. The van der Waals surface area contributed by atoms with Crippen LogP contribution in [0.25, 0.3) is 0 Å². The van der Waals surface area contributed by atoms with Crippen LogP contribution in [0.4, 0.5) is 0 Å². The maximum absolute atomic E-state index is 12.3. The van der Waals surface area contributed by atoms with E-state index in [2.05, 4.69) is 34.6 Å². The predicted molar refractivity (Wildman–Crippen MR) is 106 cm³/mol. The molecule has 3 rings (SSSR count). The highest BCUT2D eigenvalue weighted by molar-refractivity contribution is 8.00. The van der Waals surface area contributed by atoms with E-state index in [-0.39, 0.29) is 17.1 Å². The Kier molecular flexibility index (Phi) is 6.65. The molecular weight excluding hydrogens is 358 g/mol. The summed E-state index contributed by atoms with van der Waals surface area (Å²) in [6, 6.07) is 20.1. The van der Waals surface area contributed by atoms with Crippen LogP contribution in [0.5, 0.6) is 0 Å². The number of aromatic nitrogens is 2. The average Bonchev–Trinajstić information content (AvgIpc) is 3.14. The maximum atomic E-state index is 12.3. The van der Waals surface area contributed by atoms with Crippen molar-refractivity contribution in [1.82, 2.24) is 15.5 Å². The molecule has 0 saturated heterocycles. The van der Waals surface area contributed by atoms with Crippen LogP contribution in [-0.4, -0.2) is 21.4 Å². The summed E-state index contributed by atoms with van der Waals surface area (Å²) in [5.41, 5.74) is 2.30. The number of carbonyl (C=O) groups is 1. The zero-order chi connectivity index (χ0) is 19.1. The molecule has 1 heterocycles. The van der Waals surface area contributed by atoms with Gasteiger partial charge in [0.2, 0.25) is 11.8 Å². The highest BCUT2D eigenvalue weighted by atomic mass is 32.2. The first-order valence-corrected chi connectivity index (χ1v) is 9.85. The molecule has 27 heavy (non-hydrogen) atoms. The zero-order valence-corrected chi connectivity index (χ0v) is 16.3. The first kappa shape index (κ1) is 19.2. The summed E-state index contributed by atoms with van der Waals surface area (Å²) < 4.78 is 5.72. The zero-order valence-electron chi connectivity index (χ0n) is 15.5. The average molecular weight is 382 g/mol. The molecular formula is C21H23N3O2S. The number of amides is 1. The first-order valence-electron chi connectivity index (χ1n) is 8.97. The van der Waals surface area contributed by atoms with Crippen LogP contribution in [0.15, 0.2) is 70.3 Å². The molecule has 2 atom stereocenters. The fourth-order valence-corrected chi connectivity index (χ4v) is 3.39. The third-order valence-corrected chi connectivity index (χ3v) is 5.19. The molecule has 0 aliphatic rings. The largest absolute Gasteiger partial charge is 0.416 e. The molecule has 1 amide bonds. The topological polar surface area (TPSA) is 68.0 Å². The van der Waals surface area contributed by atoms with Gasteiger partial charge in [0.05, 0.1) is 5.25 Å². The highest BCUT2D eigenvalue weighted by Crippen LogP contribution is 2.25. The third-order valence-electron chi connectivity index (χ3n) is 4.25. The molecule has 0 bridgehead atoms. The molecule has 0 aliphatic heterocycles. The summed E-state index contributed by atoms with van der Waals surface area (Å²) >= 11 is 1.28. The van der Waals surface area contributed by atoms with Crippen molar-refractivity contribution < 1.29 is 9.21 Å². The van der Waals surface area contributed by atoms with Crippen molar-refractivity contribution >= 4 is 17.7 Å². The Balaban J connectivity index is 1.50. The van der Waals surface area contributed by atoms with Crippen LogP contribution in [0.1, 0.15) is 36.8 Å². The molecule has 140 valence electrons. The van der Waals surface area contributed by atoms with Crippen LogP contribution < -0.4 is 5.32 Å². The van der Waals surface area contributed by atoms with Gasteiger partial charge in [0.25, 0.3) is 5.22 Å². The van der Waals surface area contributed by atoms with Crippen LogP contribution in [0.2, 0.25) is 0 Å². The van der Waals surface area contributed by atoms with E-state index in [0.717, 1.165) is 5.56 Å². The summed E-state index contributed by atoms with van der Waals surface area (Å²) in [5.74, 6) is 0.822. The van der Waals surface area contributed by atoms with Crippen LogP contribution in [0.3, 0.4) is 0 Å². The molecule has 2 aromatic carbocycles. The molecule has 0 aliphatic carbocycles. The van der Waals surface area contributed by atoms with Gasteiger partial charge >= 0.3 is 0 Å². The minimum atomic E-state index is -0.312. The molecule has 6 heteroatoms. The summed E-state index contributed by atoms with van der Waals surface area (Å²) in [4.78, 5) is 12.3. The van der Waals surface area contributed by atoms with Gasteiger partial charge in [-0.2, -0.15) is 0 Å². The van der Waals surface area contributed by atoms with Gasteiger partial charge in [-0.3, -0.25) is 4.79 Å². The van der Waals surface area contributed by atoms with Crippen molar-refractivity contribution in [1.29, 1.82) is 0 Å². The Morgan fingerprint density at radius 2 is 1.70 bits per heavy atom. The summed E-state index contributed by atoms with van der Waals surface area (Å²) in [5, 5.41) is 11.2. The SMILES string of the molecule is CC(Sc1nnc(CC(C)c2ccccc2)o1)C(=O)NCc1ccccc1. The molecule has 2 unspecified atom stereocenters. The molecule has 1 N–H and O–H groups in total. The lowest BCUT2D eigenvalue weighted by molar-refractivity contribution is -0.120. The predicted octanol–water partition coefficient (Wildman–Crippen LogP) is 4.21. The Bertz CT molecular complexity index is 852. The standard InChI is InChI=1S/C21H23N3O2S/c1-15(18-11-7-4-8-12-18)13-19-23-24-21(26-19)27-16(2)20(25)22-14-17-9-5-3-6-10-17/h3-12,15-16H,13-14H2,1-2H3,(H,22,25). The first-order chi connectivity index (χ1) is 13.1. The minimum Gasteiger partial charge on any atom is -0.416 e. The van der Waals surface area contributed by atoms with Gasteiger partial charge in [-0.15, -0.1) is 10.2 Å². The monoisotopic (exact) mass is 381 g/mol. The number of rotatable bonds is 8. The Morgan fingerprint density at radius 3 is 2.41 bits per heavy atom. The second kappa shape index (κ2) is 9.37. The smallest absolute Gasteiger partial charge is 0.277 e. The quantitative estimate of drug-likeness (QED) is 0.592. The number of benzene rings is 2. The van der Waals surface area contributed by atoms with Gasteiger partial charge in [0.15, 0.2) is 0 Å². The van der Waals surface area contributed by atoms with E-state index >= 15 is 0 Å². The molecule has 1 aromatic heterocycles. The lowest BCUT2D eigenvalue weighted by Crippen LogP contribution is -2.30. The van der Waals surface area contributed by atoms with E-state index < -0.39 is 0 Å². The lowest BCUT2D eigenvalue weighted by atomic mass is 9.98. The van der Waals surface area contributed by atoms with Crippen molar-refractivity contribution in [3.8, 4) is 0 Å². The van der Waals surface area contributed by atoms with E-state index in [0.29, 0.717) is 24.1 Å². The van der Waals surface area contributed by atoms with Gasteiger partial charge in [-0.1, -0.05) is 79.3 Å². The van der Waals surface area contributed by atoms with Gasteiger partial charge in [-0.25, -0.2) is 0 Å². The van der Waals surface area contributed by atoms with Gasteiger partial charge < -0.3 is 9.73 Å². The number of thioether (sulfide) groups is 1. The summed E-state index contributed by atoms with van der Waals surface area (Å²) in [6.07, 6.45) is 0.673. The fourth-order valence-electron chi connectivity index (χ4n) is 2.66. The van der Waals surface area contributed by atoms with Gasteiger partial charge in [0.1, 0.15) is 0 Å². The van der Waals surface area contributed by atoms with Crippen molar-refractivity contribution in [2.45, 2.75) is 43.2 Å². The number of nitrogens with zero attached hydrogens (tertiary/aromatic N) is 2. The number of carbonyl (C=O) groups excluding carboxylic acids is 1. The Hall–Kier alpha value is -2.60. The van der Waals surface area contributed by atoms with Crippen LogP contribution in [0, 0.1) is 0 Å². The molecule has 0 fully saturated rings. The van der Waals surface area contributed by atoms with Crippen molar-refractivity contribution in [3.63, 3.8) is 0 Å². The minimum absolute atomic E-state index is 0.0544. The molecule has 5 nitrogen and oxygen atoms in total. The summed E-state index contributed by atoms with van der Waals surface area (Å²) in [7, 11) is 0. The van der Waals surface area contributed by atoms with Crippen LogP contribution in [-0.2, 0) is 17.8 Å². The highest BCUT2D eigenvalue weighted by Gasteiger charge is 2.19. The van der Waals surface area contributed by atoms with Gasteiger partial charge in [-0.05, 0) is 24.0 Å². The Morgan fingerprint density at radius 1 is 1.04 bits per heavy atom. The van der Waals surface area contributed by atoms with Gasteiger partial charge in [0, 0.05) is 13.0 Å². The van der Waals surface area contributed by atoms with E-state index in [1.807, 2.05) is 55.5 Å². The Labute approximate surface area is 163 Å². The van der Waals surface area contributed by atoms with Crippen molar-refractivity contribution in [2.75, 3.05) is 0 Å². The number of nitrogens with one attached hydrogen (secondary N) is 1. The second-order valence-electron chi connectivity index (χ2n) is 6.44. The second-order valence-corrected chi connectivity index (χ2v) is 7.73. The van der Waals surface area contributed by atoms with Crippen molar-refractivity contribution in [3.05, 3.63) is 77.7 Å². The number of hydrogen-bond donors (Lipinski definition) is 1. The molecule has 0 radical (unpaired) electrons. The summed E-state index contributed by atoms with van der Waals surface area (Å²) in [6.45, 7) is 4.47. The van der Waals surface area contributed by atoms with Crippen molar-refractivity contribution in [2.24, 2.45) is 0 Å². The van der Waals surface area contributed by atoms with E-state index in [9.17, 15) is 4.79 Å². The van der Waals surface area contributed by atoms with E-state index in [4.69, 9.17) is 4.42 Å². The normalized spacial score (nSPS) is 13.1. The maximum Gasteiger partial charge on any atom is 0.277 e. The number of hydrogen-bond acceptors (Lipinski definition) is 5. The van der Waals surface area contributed by atoms with Crippen LogP contribution >= 0.6 is 11.8 Å². The molecule has 0 spiro atoms. The fraction of sp³-hybridized carbons (Fsp3) is 0.286. The third kappa shape index (κ3) is 5.69. The molecule has 0 saturated carbocycles. The van der Waals surface area contributed by atoms with E-state index in [1.165, 1.54) is 17.3 Å². The lowest BCUT2D eigenvalue weighted by Gasteiger charge is -2.10.